The Morgan fingerprint density at radius 3 is 2.96 bits per heavy atom. The van der Waals surface area contributed by atoms with Crippen LogP contribution in [-0.4, -0.2) is 40.9 Å². The number of benzene rings is 1. The van der Waals surface area contributed by atoms with Gasteiger partial charge in [-0.3, -0.25) is 4.98 Å². The molecule has 1 aliphatic rings. The first-order chi connectivity index (χ1) is 13.3. The van der Waals surface area contributed by atoms with Crippen molar-refractivity contribution in [2.75, 3.05) is 24.2 Å². The summed E-state index contributed by atoms with van der Waals surface area (Å²) in [5.41, 5.74) is 1.80. The molecule has 0 bridgehead atoms. The molecule has 144 valence electrons. The molecule has 1 aliphatic heterocycles. The maximum absolute atomic E-state index is 12.8. The maximum atomic E-state index is 12.8. The highest BCUT2D eigenvalue weighted by molar-refractivity contribution is 7.99. The molecule has 2 aromatic rings. The first-order valence-electron chi connectivity index (χ1n) is 9.55. The number of nitrogens with zero attached hydrogens (tertiary/aromatic N) is 2. The van der Waals surface area contributed by atoms with Crippen molar-refractivity contribution in [3.05, 3.63) is 54.4 Å². The van der Waals surface area contributed by atoms with E-state index in [1.165, 1.54) is 0 Å². The normalized spacial score (nSPS) is 16.9. The number of piperidine rings is 1. The number of aromatic nitrogens is 1. The summed E-state index contributed by atoms with van der Waals surface area (Å²) < 4.78 is 5.99. The molecule has 0 spiro atoms. The average molecular weight is 386 g/mol. The van der Waals surface area contributed by atoms with Crippen molar-refractivity contribution in [2.24, 2.45) is 0 Å². The number of nitrogens with one attached hydrogen (secondary N) is 1. The summed E-state index contributed by atoms with van der Waals surface area (Å²) in [6.45, 7) is 4.02. The minimum atomic E-state index is -0.0503. The highest BCUT2D eigenvalue weighted by Crippen LogP contribution is 2.28. The van der Waals surface area contributed by atoms with Crippen LogP contribution in [0.3, 0.4) is 0 Å². The van der Waals surface area contributed by atoms with Crippen molar-refractivity contribution in [1.29, 1.82) is 0 Å². The van der Waals surface area contributed by atoms with Gasteiger partial charge in [-0.15, -0.1) is 11.8 Å². The lowest BCUT2D eigenvalue weighted by molar-refractivity contribution is -0.000330. The fourth-order valence-corrected chi connectivity index (χ4v) is 3.92. The van der Waals surface area contributed by atoms with Gasteiger partial charge in [-0.05, 0) is 49.3 Å². The third kappa shape index (κ3) is 5.97. The average Bonchev–Trinajstić information content (AvgIpc) is 2.72. The quantitative estimate of drug-likeness (QED) is 0.696. The Morgan fingerprint density at radius 2 is 2.15 bits per heavy atom. The number of hydrogen-bond donors (Lipinski definition) is 1. The summed E-state index contributed by atoms with van der Waals surface area (Å²) in [6, 6.07) is 13.8. The minimum Gasteiger partial charge on any atom is -0.370 e. The topological polar surface area (TPSA) is 54.5 Å². The van der Waals surface area contributed by atoms with E-state index in [2.05, 4.69) is 23.3 Å². The Labute approximate surface area is 165 Å². The van der Waals surface area contributed by atoms with E-state index in [1.54, 1.807) is 18.0 Å². The molecule has 1 aromatic heterocycles. The summed E-state index contributed by atoms with van der Waals surface area (Å²) in [6.07, 6.45) is 4.85. The van der Waals surface area contributed by atoms with Gasteiger partial charge in [-0.25, -0.2) is 4.79 Å². The molecule has 0 unspecified atom stereocenters. The van der Waals surface area contributed by atoms with Gasteiger partial charge in [0, 0.05) is 24.2 Å². The van der Waals surface area contributed by atoms with Crippen molar-refractivity contribution in [3.63, 3.8) is 0 Å². The van der Waals surface area contributed by atoms with Crippen LogP contribution in [0.5, 0.6) is 0 Å². The van der Waals surface area contributed by atoms with Crippen LogP contribution >= 0.6 is 11.8 Å². The molecule has 0 saturated carbocycles. The fraction of sp³-hybridized carbons (Fsp3) is 0.429. The summed E-state index contributed by atoms with van der Waals surface area (Å²) in [7, 11) is 0. The largest absolute Gasteiger partial charge is 0.370 e. The third-order valence-corrected chi connectivity index (χ3v) is 5.73. The minimum absolute atomic E-state index is 0.0503. The second kappa shape index (κ2) is 10.3. The number of thioether (sulfide) groups is 1. The van der Waals surface area contributed by atoms with Crippen molar-refractivity contribution in [2.45, 2.75) is 43.8 Å². The summed E-state index contributed by atoms with van der Waals surface area (Å²) in [5.74, 6) is 1.04. The van der Waals surface area contributed by atoms with E-state index in [-0.39, 0.29) is 12.1 Å². The number of para-hydroxylation sites is 1. The van der Waals surface area contributed by atoms with Gasteiger partial charge in [0.15, 0.2) is 0 Å². The number of urea groups is 1. The third-order valence-electron chi connectivity index (χ3n) is 4.45. The fourth-order valence-electron chi connectivity index (χ4n) is 3.05. The highest BCUT2D eigenvalue weighted by Gasteiger charge is 2.24. The molecule has 1 N–H and O–H groups in total. The molecule has 5 nitrogen and oxygen atoms in total. The monoisotopic (exact) mass is 385 g/mol. The number of likely N-dealkylation sites (tertiary alicyclic amines) is 1. The zero-order chi connectivity index (χ0) is 18.9. The predicted molar refractivity (Wildman–Crippen MR) is 110 cm³/mol. The van der Waals surface area contributed by atoms with Crippen LogP contribution in [0, 0.1) is 0 Å². The Bertz CT molecular complexity index is 726. The number of pyridine rings is 1. The van der Waals surface area contributed by atoms with Gasteiger partial charge >= 0.3 is 6.03 Å². The number of hydrogen-bond acceptors (Lipinski definition) is 4. The molecule has 27 heavy (non-hydrogen) atoms. The molecule has 3 rings (SSSR count). The van der Waals surface area contributed by atoms with Crippen LogP contribution in [0.25, 0.3) is 0 Å². The van der Waals surface area contributed by atoms with Crippen LogP contribution in [-0.2, 0) is 11.3 Å². The molecular formula is C21H27N3O2S. The molecule has 0 aliphatic carbocycles. The lowest BCUT2D eigenvalue weighted by Gasteiger charge is -2.32. The lowest BCUT2D eigenvalue weighted by Crippen LogP contribution is -2.45. The van der Waals surface area contributed by atoms with Crippen molar-refractivity contribution in [1.82, 2.24) is 9.88 Å². The zero-order valence-corrected chi connectivity index (χ0v) is 16.6. The number of anilines is 1. The lowest BCUT2D eigenvalue weighted by atomic mass is 10.1. The predicted octanol–water partition coefficient (Wildman–Crippen LogP) is 4.80. The SMILES string of the molecule is CCCSc1ccccc1NC(=O)N1CCC[C@@H](OCc2ccccn2)C1. The van der Waals surface area contributed by atoms with Gasteiger partial charge in [-0.1, -0.05) is 25.1 Å². The number of carbonyl (C=O) groups excluding carboxylic acids is 1. The van der Waals surface area contributed by atoms with Crippen LogP contribution in [0.1, 0.15) is 31.9 Å². The second-order valence-electron chi connectivity index (χ2n) is 6.62. The van der Waals surface area contributed by atoms with Crippen LogP contribution < -0.4 is 5.32 Å². The van der Waals surface area contributed by atoms with E-state index in [9.17, 15) is 4.79 Å². The molecule has 1 aromatic carbocycles. The molecule has 1 fully saturated rings. The van der Waals surface area contributed by atoms with Gasteiger partial charge in [0.1, 0.15) is 0 Å². The summed E-state index contributed by atoms with van der Waals surface area (Å²) in [5, 5.41) is 3.08. The Kier molecular flexibility index (Phi) is 7.54. The summed E-state index contributed by atoms with van der Waals surface area (Å²) in [4.78, 5) is 20.0. The number of rotatable bonds is 7. The van der Waals surface area contributed by atoms with Gasteiger partial charge in [0.25, 0.3) is 0 Å². The van der Waals surface area contributed by atoms with Crippen molar-refractivity contribution in [3.8, 4) is 0 Å². The van der Waals surface area contributed by atoms with Gasteiger partial charge in [-0.2, -0.15) is 0 Å². The molecule has 6 heteroatoms. The first kappa shape index (κ1) is 19.7. The van der Waals surface area contributed by atoms with E-state index < -0.39 is 0 Å². The number of ether oxygens (including phenoxy) is 1. The van der Waals surface area contributed by atoms with Crippen molar-refractivity contribution < 1.29 is 9.53 Å². The van der Waals surface area contributed by atoms with Gasteiger partial charge in [0.05, 0.1) is 24.1 Å². The second-order valence-corrected chi connectivity index (χ2v) is 7.75. The first-order valence-corrected chi connectivity index (χ1v) is 10.5. The smallest absolute Gasteiger partial charge is 0.321 e. The standard InChI is InChI=1S/C21H27N3O2S/c1-2-14-27-20-11-4-3-10-19(20)23-21(25)24-13-7-9-18(15-24)26-16-17-8-5-6-12-22-17/h3-6,8,10-12,18H,2,7,9,13-16H2,1H3,(H,23,25)/t18-/m1/s1. The Hall–Kier alpha value is -2.05. The maximum Gasteiger partial charge on any atom is 0.321 e. The number of carbonyl (C=O) groups is 1. The van der Waals surface area contributed by atoms with E-state index in [0.717, 1.165) is 47.8 Å². The van der Waals surface area contributed by atoms with Gasteiger partial charge < -0.3 is 15.0 Å². The van der Waals surface area contributed by atoms with E-state index in [1.807, 2.05) is 41.3 Å². The summed E-state index contributed by atoms with van der Waals surface area (Å²) >= 11 is 1.78. The number of amides is 2. The molecule has 1 saturated heterocycles. The van der Waals surface area contributed by atoms with Gasteiger partial charge in [0.2, 0.25) is 0 Å². The van der Waals surface area contributed by atoms with E-state index >= 15 is 0 Å². The molecule has 2 heterocycles. The van der Waals surface area contributed by atoms with Crippen molar-refractivity contribution >= 4 is 23.5 Å². The molecule has 0 radical (unpaired) electrons. The Balaban J connectivity index is 1.54. The zero-order valence-electron chi connectivity index (χ0n) is 15.8. The van der Waals surface area contributed by atoms with Crippen LogP contribution in [0.15, 0.2) is 53.6 Å². The Morgan fingerprint density at radius 1 is 1.30 bits per heavy atom. The molecule has 1 atom stereocenters. The van der Waals surface area contributed by atoms with Crippen LogP contribution in [0.2, 0.25) is 0 Å². The van der Waals surface area contributed by atoms with E-state index in [0.29, 0.717) is 13.2 Å². The highest BCUT2D eigenvalue weighted by atomic mass is 32.2. The van der Waals surface area contributed by atoms with E-state index in [4.69, 9.17) is 4.74 Å². The molecule has 2 amide bonds. The molecular weight excluding hydrogens is 358 g/mol. The van der Waals surface area contributed by atoms with Crippen LogP contribution in [0.4, 0.5) is 10.5 Å².